The molecule has 0 bridgehead atoms. The zero-order valence-electron chi connectivity index (χ0n) is 13.6. The molecule has 0 aliphatic rings. The van der Waals surface area contributed by atoms with Crippen molar-refractivity contribution in [2.24, 2.45) is 0 Å². The van der Waals surface area contributed by atoms with E-state index in [4.69, 9.17) is 0 Å². The highest BCUT2D eigenvalue weighted by Crippen LogP contribution is 2.38. The standard InChI is InChI=1S/C20H26/c1-13(2)17-10-8-11-18(14(3)4)20(17)19-12-7-9-15(5)16(19)6/h7-14H,1-6H3. The van der Waals surface area contributed by atoms with Gasteiger partial charge in [-0.3, -0.25) is 0 Å². The molecule has 2 rings (SSSR count). The van der Waals surface area contributed by atoms with E-state index in [1.807, 2.05) is 0 Å². The number of hydrogen-bond donors (Lipinski definition) is 0. The average molecular weight is 266 g/mol. The van der Waals surface area contributed by atoms with Gasteiger partial charge in [0.1, 0.15) is 0 Å². The first kappa shape index (κ1) is 14.8. The second kappa shape index (κ2) is 5.83. The van der Waals surface area contributed by atoms with E-state index in [0.717, 1.165) is 0 Å². The smallest absolute Gasteiger partial charge is 0.0112 e. The summed E-state index contributed by atoms with van der Waals surface area (Å²) < 4.78 is 0. The molecule has 0 aliphatic carbocycles. The summed E-state index contributed by atoms with van der Waals surface area (Å²) in [5.74, 6) is 1.09. The first-order valence-electron chi connectivity index (χ1n) is 7.62. The number of rotatable bonds is 3. The fourth-order valence-corrected chi connectivity index (χ4v) is 2.88. The van der Waals surface area contributed by atoms with Crippen LogP contribution in [0.5, 0.6) is 0 Å². The Kier molecular flexibility index (Phi) is 4.32. The molecule has 0 aliphatic heterocycles. The van der Waals surface area contributed by atoms with Gasteiger partial charge in [-0.1, -0.05) is 64.1 Å². The lowest BCUT2D eigenvalue weighted by atomic mass is 9.83. The van der Waals surface area contributed by atoms with Crippen molar-refractivity contribution in [1.82, 2.24) is 0 Å². The molecule has 0 heteroatoms. The molecule has 0 saturated carbocycles. The summed E-state index contributed by atoms with van der Waals surface area (Å²) in [6, 6.07) is 13.4. The Morgan fingerprint density at radius 3 is 1.70 bits per heavy atom. The molecule has 0 fully saturated rings. The van der Waals surface area contributed by atoms with Gasteiger partial charge in [0.25, 0.3) is 0 Å². The number of hydrogen-bond acceptors (Lipinski definition) is 0. The lowest BCUT2D eigenvalue weighted by molar-refractivity contribution is 0.837. The van der Waals surface area contributed by atoms with E-state index in [1.54, 1.807) is 0 Å². The Morgan fingerprint density at radius 2 is 1.20 bits per heavy atom. The Balaban J connectivity index is 2.80. The molecule has 0 unspecified atom stereocenters. The van der Waals surface area contributed by atoms with Gasteiger partial charge in [0.05, 0.1) is 0 Å². The minimum absolute atomic E-state index is 0.545. The van der Waals surface area contributed by atoms with Crippen LogP contribution in [0.2, 0.25) is 0 Å². The average Bonchev–Trinajstić information content (AvgIpc) is 2.41. The molecule has 0 heterocycles. The van der Waals surface area contributed by atoms with E-state index in [-0.39, 0.29) is 0 Å². The third-order valence-electron chi connectivity index (χ3n) is 4.25. The molecule has 2 aromatic carbocycles. The predicted molar refractivity (Wildman–Crippen MR) is 89.5 cm³/mol. The Labute approximate surface area is 123 Å². The maximum atomic E-state index is 2.29. The highest BCUT2D eigenvalue weighted by molar-refractivity contribution is 5.75. The van der Waals surface area contributed by atoms with E-state index >= 15 is 0 Å². The third kappa shape index (κ3) is 2.65. The molecule has 0 N–H and O–H groups in total. The highest BCUT2D eigenvalue weighted by Gasteiger charge is 2.16. The predicted octanol–water partition coefficient (Wildman–Crippen LogP) is 6.22. The van der Waals surface area contributed by atoms with E-state index in [1.165, 1.54) is 33.4 Å². The largest absolute Gasteiger partial charge is 0.0617 e. The molecule has 106 valence electrons. The van der Waals surface area contributed by atoms with Crippen LogP contribution in [-0.2, 0) is 0 Å². The van der Waals surface area contributed by atoms with Gasteiger partial charge >= 0.3 is 0 Å². The molecule has 0 aromatic heterocycles. The zero-order valence-corrected chi connectivity index (χ0v) is 13.6. The van der Waals surface area contributed by atoms with Crippen LogP contribution in [0.1, 0.15) is 61.8 Å². The van der Waals surface area contributed by atoms with Crippen molar-refractivity contribution in [3.63, 3.8) is 0 Å². The molecular formula is C20H26. The normalized spacial score (nSPS) is 11.4. The minimum Gasteiger partial charge on any atom is -0.0617 e. The molecule has 0 saturated heterocycles. The molecule has 0 spiro atoms. The van der Waals surface area contributed by atoms with Crippen LogP contribution < -0.4 is 0 Å². The van der Waals surface area contributed by atoms with Crippen LogP contribution in [0.25, 0.3) is 11.1 Å². The second-order valence-corrected chi connectivity index (χ2v) is 6.37. The number of benzene rings is 2. The monoisotopic (exact) mass is 266 g/mol. The summed E-state index contributed by atoms with van der Waals surface area (Å²) >= 11 is 0. The quantitative estimate of drug-likeness (QED) is 0.619. The van der Waals surface area contributed by atoms with E-state index in [9.17, 15) is 0 Å². The van der Waals surface area contributed by atoms with Crippen LogP contribution in [0, 0.1) is 13.8 Å². The molecule has 0 amide bonds. The molecule has 20 heavy (non-hydrogen) atoms. The summed E-state index contributed by atoms with van der Waals surface area (Å²) in [7, 11) is 0. The van der Waals surface area contributed by atoms with Gasteiger partial charge in [-0.25, -0.2) is 0 Å². The van der Waals surface area contributed by atoms with Crippen molar-refractivity contribution in [3.8, 4) is 11.1 Å². The van der Waals surface area contributed by atoms with Crippen molar-refractivity contribution >= 4 is 0 Å². The van der Waals surface area contributed by atoms with Crippen LogP contribution in [0.3, 0.4) is 0 Å². The summed E-state index contributed by atoms with van der Waals surface area (Å²) in [6.07, 6.45) is 0. The van der Waals surface area contributed by atoms with Gasteiger partial charge in [-0.15, -0.1) is 0 Å². The first-order valence-corrected chi connectivity index (χ1v) is 7.62. The van der Waals surface area contributed by atoms with Gasteiger partial charge in [0.15, 0.2) is 0 Å². The van der Waals surface area contributed by atoms with Crippen LogP contribution >= 0.6 is 0 Å². The van der Waals surface area contributed by atoms with Crippen LogP contribution in [0.15, 0.2) is 36.4 Å². The Bertz CT molecular complexity index is 577. The zero-order chi connectivity index (χ0) is 14.9. The van der Waals surface area contributed by atoms with Gasteiger partial charge < -0.3 is 0 Å². The van der Waals surface area contributed by atoms with E-state index in [0.29, 0.717) is 11.8 Å². The fraction of sp³-hybridized carbons (Fsp3) is 0.400. The third-order valence-corrected chi connectivity index (χ3v) is 4.25. The van der Waals surface area contributed by atoms with Crippen molar-refractivity contribution < 1.29 is 0 Å². The topological polar surface area (TPSA) is 0 Å². The molecule has 2 aromatic rings. The molecule has 0 nitrogen and oxygen atoms in total. The summed E-state index contributed by atoms with van der Waals surface area (Å²) in [5.41, 5.74) is 8.56. The maximum Gasteiger partial charge on any atom is -0.0112 e. The second-order valence-electron chi connectivity index (χ2n) is 6.37. The summed E-state index contributed by atoms with van der Waals surface area (Å²) in [5, 5.41) is 0. The molecule has 0 atom stereocenters. The van der Waals surface area contributed by atoms with Crippen LogP contribution in [-0.4, -0.2) is 0 Å². The highest BCUT2D eigenvalue weighted by atomic mass is 14.2. The minimum atomic E-state index is 0.545. The van der Waals surface area contributed by atoms with E-state index < -0.39 is 0 Å². The fourth-order valence-electron chi connectivity index (χ4n) is 2.88. The van der Waals surface area contributed by atoms with E-state index in [2.05, 4.69) is 77.9 Å². The first-order chi connectivity index (χ1) is 9.43. The van der Waals surface area contributed by atoms with Gasteiger partial charge in [0, 0.05) is 0 Å². The van der Waals surface area contributed by atoms with Gasteiger partial charge in [-0.2, -0.15) is 0 Å². The lowest BCUT2D eigenvalue weighted by Gasteiger charge is -2.21. The summed E-state index contributed by atoms with van der Waals surface area (Å²) in [6.45, 7) is 13.6. The SMILES string of the molecule is Cc1cccc(-c2c(C(C)C)cccc2C(C)C)c1C. The van der Waals surface area contributed by atoms with Crippen molar-refractivity contribution in [3.05, 3.63) is 58.7 Å². The van der Waals surface area contributed by atoms with Crippen molar-refractivity contribution in [1.29, 1.82) is 0 Å². The molecular weight excluding hydrogens is 240 g/mol. The maximum absolute atomic E-state index is 2.29. The van der Waals surface area contributed by atoms with Crippen LogP contribution in [0.4, 0.5) is 0 Å². The number of aryl methyl sites for hydroxylation is 1. The molecule has 0 radical (unpaired) electrons. The lowest BCUT2D eigenvalue weighted by Crippen LogP contribution is -2.01. The summed E-state index contributed by atoms with van der Waals surface area (Å²) in [4.78, 5) is 0. The van der Waals surface area contributed by atoms with Gasteiger partial charge in [-0.05, 0) is 59.1 Å². The Morgan fingerprint density at radius 1 is 0.700 bits per heavy atom. The van der Waals surface area contributed by atoms with Crippen molar-refractivity contribution in [2.75, 3.05) is 0 Å². The van der Waals surface area contributed by atoms with Crippen molar-refractivity contribution in [2.45, 2.75) is 53.4 Å². The Hall–Kier alpha value is -1.56. The van der Waals surface area contributed by atoms with Gasteiger partial charge in [0.2, 0.25) is 0 Å².